The summed E-state index contributed by atoms with van der Waals surface area (Å²) in [6.45, 7) is 7.78. The summed E-state index contributed by atoms with van der Waals surface area (Å²) in [6, 6.07) is 12.2. The minimum absolute atomic E-state index is 0.149. The van der Waals surface area contributed by atoms with E-state index in [9.17, 15) is 14.0 Å². The number of nitrogens with zero attached hydrogens (tertiary/aromatic N) is 3. The number of rotatable bonds is 10. The zero-order valence-corrected chi connectivity index (χ0v) is 21.9. The van der Waals surface area contributed by atoms with Crippen molar-refractivity contribution >= 4 is 23.2 Å². The fraction of sp³-hybridized carbons (Fsp3) is 0.448. The molecular weight excluding hydrogens is 469 g/mol. The topological polar surface area (TPSA) is 97.6 Å². The van der Waals surface area contributed by atoms with Crippen LogP contribution in [0, 0.1) is 23.2 Å². The van der Waals surface area contributed by atoms with Crippen molar-refractivity contribution in [1.82, 2.24) is 10.2 Å². The summed E-state index contributed by atoms with van der Waals surface area (Å²) in [5.41, 5.74) is 2.53. The van der Waals surface area contributed by atoms with Gasteiger partial charge in [-0.15, -0.1) is 4.99 Å². The van der Waals surface area contributed by atoms with Gasteiger partial charge in [0.05, 0.1) is 0 Å². The minimum Gasteiger partial charge on any atom is -0.355 e. The Bertz CT molecular complexity index is 1120. The Kier molecular flexibility index (Phi) is 10.3. The second-order valence-electron chi connectivity index (χ2n) is 9.67. The van der Waals surface area contributed by atoms with Gasteiger partial charge in [0, 0.05) is 29.4 Å². The Morgan fingerprint density at radius 3 is 2.41 bits per heavy atom. The highest BCUT2D eigenvalue weighted by atomic mass is 19.1. The van der Waals surface area contributed by atoms with Crippen LogP contribution in [0.25, 0.3) is 0 Å². The molecule has 37 heavy (non-hydrogen) atoms. The van der Waals surface area contributed by atoms with Gasteiger partial charge in [-0.3, -0.25) is 9.59 Å². The van der Waals surface area contributed by atoms with Crippen molar-refractivity contribution < 1.29 is 14.0 Å². The normalized spacial score (nSPS) is 18.2. The maximum atomic E-state index is 13.3. The van der Waals surface area contributed by atoms with E-state index in [0.29, 0.717) is 35.3 Å². The first-order chi connectivity index (χ1) is 17.8. The van der Waals surface area contributed by atoms with Crippen LogP contribution in [-0.4, -0.2) is 48.1 Å². The Labute approximate surface area is 218 Å². The maximum absolute atomic E-state index is 13.3. The maximum Gasteiger partial charge on any atom is 0.211 e. The number of hydrogen-bond acceptors (Lipinski definition) is 5. The number of carbonyl (C=O) groups excluding carboxylic acids is 2. The summed E-state index contributed by atoms with van der Waals surface area (Å²) >= 11 is 0. The SMILES string of the molecule is CCN1CC[C@@H](Cc2ccc(F)cc2)C[C@@H]1CCCNC(=NC#N)Nc1cc(C(C)=O)cc(C(C)=O)c1. The van der Waals surface area contributed by atoms with Crippen molar-refractivity contribution in [2.24, 2.45) is 10.9 Å². The van der Waals surface area contributed by atoms with Crippen molar-refractivity contribution in [3.05, 3.63) is 65.0 Å². The summed E-state index contributed by atoms with van der Waals surface area (Å²) in [5.74, 6) is 0.359. The highest BCUT2D eigenvalue weighted by Gasteiger charge is 2.27. The number of piperidine rings is 1. The molecule has 0 bridgehead atoms. The first-order valence-electron chi connectivity index (χ1n) is 12.9. The predicted octanol–water partition coefficient (Wildman–Crippen LogP) is 5.19. The average molecular weight is 506 g/mol. The fourth-order valence-electron chi connectivity index (χ4n) is 4.99. The molecule has 8 heteroatoms. The van der Waals surface area contributed by atoms with Gasteiger partial charge in [0.1, 0.15) is 5.82 Å². The van der Waals surface area contributed by atoms with Gasteiger partial charge >= 0.3 is 0 Å². The largest absolute Gasteiger partial charge is 0.355 e. The van der Waals surface area contributed by atoms with Crippen LogP contribution in [-0.2, 0) is 6.42 Å². The van der Waals surface area contributed by atoms with Crippen molar-refractivity contribution in [3.8, 4) is 6.19 Å². The molecule has 7 nitrogen and oxygen atoms in total. The van der Waals surface area contributed by atoms with Crippen LogP contribution in [0.15, 0.2) is 47.5 Å². The van der Waals surface area contributed by atoms with Crippen molar-refractivity contribution in [2.45, 2.75) is 58.9 Å². The Hall–Kier alpha value is -3.57. The average Bonchev–Trinajstić information content (AvgIpc) is 2.88. The van der Waals surface area contributed by atoms with E-state index in [0.717, 1.165) is 45.2 Å². The molecule has 1 fully saturated rings. The number of guanidine groups is 1. The molecule has 0 unspecified atom stereocenters. The summed E-state index contributed by atoms with van der Waals surface area (Å²) < 4.78 is 13.3. The minimum atomic E-state index is -0.199. The smallest absolute Gasteiger partial charge is 0.211 e. The molecule has 0 spiro atoms. The van der Waals surface area contributed by atoms with E-state index in [4.69, 9.17) is 5.26 Å². The molecule has 2 N–H and O–H groups in total. The van der Waals surface area contributed by atoms with E-state index >= 15 is 0 Å². The van der Waals surface area contributed by atoms with E-state index in [1.165, 1.54) is 31.5 Å². The molecule has 2 aromatic carbocycles. The van der Waals surface area contributed by atoms with Crippen LogP contribution in [0.4, 0.5) is 10.1 Å². The number of benzene rings is 2. The number of halogens is 1. The molecule has 1 saturated heterocycles. The third-order valence-electron chi connectivity index (χ3n) is 6.97. The second-order valence-corrected chi connectivity index (χ2v) is 9.67. The Balaban J connectivity index is 1.55. The molecule has 0 amide bonds. The molecule has 0 aliphatic carbocycles. The van der Waals surface area contributed by atoms with Gasteiger partial charge in [0.15, 0.2) is 11.6 Å². The van der Waals surface area contributed by atoms with E-state index in [1.807, 2.05) is 12.1 Å². The van der Waals surface area contributed by atoms with Crippen LogP contribution in [0.2, 0.25) is 0 Å². The van der Waals surface area contributed by atoms with E-state index in [2.05, 4.69) is 27.4 Å². The summed E-state index contributed by atoms with van der Waals surface area (Å²) in [7, 11) is 0. The van der Waals surface area contributed by atoms with Gasteiger partial charge in [0.2, 0.25) is 12.2 Å². The van der Waals surface area contributed by atoms with Crippen LogP contribution < -0.4 is 10.6 Å². The molecule has 3 rings (SSSR count). The number of aliphatic imine (C=N–C) groups is 1. The summed E-state index contributed by atoms with van der Waals surface area (Å²) in [5, 5.41) is 15.4. The lowest BCUT2D eigenvalue weighted by Crippen LogP contribution is -2.43. The number of anilines is 1. The number of nitriles is 1. The molecule has 2 aromatic rings. The monoisotopic (exact) mass is 505 g/mol. The van der Waals surface area contributed by atoms with Crippen molar-refractivity contribution in [3.63, 3.8) is 0 Å². The number of carbonyl (C=O) groups is 2. The molecule has 1 aliphatic rings. The van der Waals surface area contributed by atoms with Crippen molar-refractivity contribution in [1.29, 1.82) is 5.26 Å². The van der Waals surface area contributed by atoms with Gasteiger partial charge < -0.3 is 15.5 Å². The third-order valence-corrected chi connectivity index (χ3v) is 6.97. The molecule has 2 atom stereocenters. The van der Waals surface area contributed by atoms with E-state index < -0.39 is 0 Å². The molecule has 196 valence electrons. The Morgan fingerprint density at radius 1 is 1.14 bits per heavy atom. The lowest BCUT2D eigenvalue weighted by atomic mass is 9.84. The quantitative estimate of drug-likeness (QED) is 0.152. The number of Topliss-reactive ketones (excluding diaryl/α,β-unsaturated/α-hetero) is 2. The van der Waals surface area contributed by atoms with Gasteiger partial charge in [-0.05, 0) is 101 Å². The number of likely N-dealkylation sites (tertiary alicyclic amines) is 1. The van der Waals surface area contributed by atoms with Crippen LogP contribution in [0.1, 0.15) is 72.7 Å². The standard InChI is InChI=1S/C29H36FN5O2/c1-4-35-13-11-23(14-22-7-9-26(30)10-8-22)15-28(35)6-5-12-32-29(33-19-31)34-27-17-24(20(2)36)16-25(18-27)21(3)37/h7-10,16-18,23,28H,4-6,11-15H2,1-3H3,(H2,32,33,34)/t23-,28-/m0/s1. The molecule has 0 saturated carbocycles. The van der Waals surface area contributed by atoms with Gasteiger partial charge in [-0.25, -0.2) is 4.39 Å². The highest BCUT2D eigenvalue weighted by Crippen LogP contribution is 2.28. The molecule has 0 aromatic heterocycles. The second kappa shape index (κ2) is 13.7. The lowest BCUT2D eigenvalue weighted by molar-refractivity contribution is 0.101. The van der Waals surface area contributed by atoms with E-state index in [1.54, 1.807) is 24.4 Å². The molecule has 1 heterocycles. The highest BCUT2D eigenvalue weighted by molar-refractivity contribution is 6.03. The van der Waals surface area contributed by atoms with Crippen LogP contribution >= 0.6 is 0 Å². The van der Waals surface area contributed by atoms with Gasteiger partial charge in [-0.1, -0.05) is 19.1 Å². The molecule has 0 radical (unpaired) electrons. The first-order valence-corrected chi connectivity index (χ1v) is 12.9. The van der Waals surface area contributed by atoms with Crippen molar-refractivity contribution in [2.75, 3.05) is 25.0 Å². The zero-order chi connectivity index (χ0) is 26.8. The summed E-state index contributed by atoms with van der Waals surface area (Å²) in [4.78, 5) is 30.1. The zero-order valence-electron chi connectivity index (χ0n) is 21.9. The predicted molar refractivity (Wildman–Crippen MR) is 144 cm³/mol. The number of ketones is 2. The number of nitrogens with one attached hydrogen (secondary N) is 2. The van der Waals surface area contributed by atoms with Crippen LogP contribution in [0.5, 0.6) is 0 Å². The fourth-order valence-corrected chi connectivity index (χ4v) is 4.99. The summed E-state index contributed by atoms with van der Waals surface area (Å²) in [6.07, 6.45) is 6.92. The molecular formula is C29H36FN5O2. The first kappa shape index (κ1) is 28.0. The molecule has 1 aliphatic heterocycles. The Morgan fingerprint density at radius 2 is 1.81 bits per heavy atom. The number of hydrogen-bond donors (Lipinski definition) is 2. The van der Waals surface area contributed by atoms with Crippen LogP contribution in [0.3, 0.4) is 0 Å². The van der Waals surface area contributed by atoms with Gasteiger partial charge in [-0.2, -0.15) is 5.26 Å². The third kappa shape index (κ3) is 8.50. The van der Waals surface area contributed by atoms with E-state index in [-0.39, 0.29) is 23.3 Å². The lowest BCUT2D eigenvalue weighted by Gasteiger charge is -2.39. The van der Waals surface area contributed by atoms with Gasteiger partial charge in [0.25, 0.3) is 0 Å².